The maximum absolute atomic E-state index is 11.5. The molecule has 110 valence electrons. The Balaban J connectivity index is 1.84. The van der Waals surface area contributed by atoms with Crippen LogP contribution >= 0.6 is 11.8 Å². The molecule has 2 aromatic heterocycles. The van der Waals surface area contributed by atoms with Crippen LogP contribution in [0, 0.1) is 0 Å². The van der Waals surface area contributed by atoms with E-state index in [0.29, 0.717) is 5.03 Å². The molecule has 0 unspecified atom stereocenters. The van der Waals surface area contributed by atoms with Crippen LogP contribution in [-0.2, 0) is 17.7 Å². The maximum atomic E-state index is 11.5. The summed E-state index contributed by atoms with van der Waals surface area (Å²) in [4.78, 5) is 19.7. The molecule has 0 bridgehead atoms. The van der Waals surface area contributed by atoms with Gasteiger partial charge in [-0.15, -0.1) is 10.2 Å². The Morgan fingerprint density at radius 1 is 1.29 bits per heavy atom. The first-order chi connectivity index (χ1) is 10.3. The van der Waals surface area contributed by atoms with E-state index in [4.69, 9.17) is 0 Å². The van der Waals surface area contributed by atoms with E-state index in [-0.39, 0.29) is 5.69 Å². The highest BCUT2D eigenvalue weighted by Crippen LogP contribution is 2.26. The highest BCUT2D eigenvalue weighted by Gasteiger charge is 2.17. The van der Waals surface area contributed by atoms with Gasteiger partial charge in [0.25, 0.3) is 0 Å². The van der Waals surface area contributed by atoms with Crippen LogP contribution in [0.5, 0.6) is 0 Å². The monoisotopic (exact) mass is 305 g/mol. The Morgan fingerprint density at radius 2 is 2.19 bits per heavy atom. The van der Waals surface area contributed by atoms with E-state index in [1.165, 1.54) is 31.5 Å². The van der Waals surface area contributed by atoms with E-state index in [0.717, 1.165) is 36.8 Å². The number of ether oxygens (including phenoxy) is 1. The van der Waals surface area contributed by atoms with Gasteiger partial charge in [-0.05, 0) is 24.6 Å². The lowest BCUT2D eigenvalue weighted by Gasteiger charge is -2.06. The fraction of sp³-hybridized carbons (Fsp3) is 0.462. The van der Waals surface area contributed by atoms with Gasteiger partial charge in [0.05, 0.1) is 19.5 Å². The topological polar surface area (TPSA) is 82.8 Å². The minimum atomic E-state index is -0.495. The van der Waals surface area contributed by atoms with E-state index in [2.05, 4.69) is 29.5 Å². The molecule has 8 heteroatoms. The predicted octanol–water partition coefficient (Wildman–Crippen LogP) is 1.73. The van der Waals surface area contributed by atoms with Crippen molar-refractivity contribution in [2.75, 3.05) is 7.11 Å². The van der Waals surface area contributed by atoms with Crippen molar-refractivity contribution in [2.24, 2.45) is 0 Å². The summed E-state index contributed by atoms with van der Waals surface area (Å²) < 4.78 is 6.78. The van der Waals surface area contributed by atoms with E-state index in [1.54, 1.807) is 6.20 Å². The second kappa shape index (κ2) is 6.21. The van der Waals surface area contributed by atoms with Crippen LogP contribution < -0.4 is 0 Å². The molecule has 7 nitrogen and oxygen atoms in total. The minimum Gasteiger partial charge on any atom is -0.464 e. The van der Waals surface area contributed by atoms with Crippen LogP contribution in [0.15, 0.2) is 22.6 Å². The standard InChI is InChI=1S/C13H15N5O2S/c1-20-12(19)9-7-14-8-11(15-9)21-13-17-16-10-5-3-2-4-6-18(10)13/h7-8H,2-6H2,1H3. The molecule has 0 saturated heterocycles. The van der Waals surface area contributed by atoms with E-state index < -0.39 is 5.97 Å². The smallest absolute Gasteiger partial charge is 0.358 e. The van der Waals surface area contributed by atoms with Crippen LogP contribution in [-0.4, -0.2) is 37.8 Å². The molecule has 0 radical (unpaired) electrons. The molecular formula is C13H15N5O2S. The second-order valence-corrected chi connectivity index (χ2v) is 5.68. The second-order valence-electron chi connectivity index (χ2n) is 4.70. The largest absolute Gasteiger partial charge is 0.464 e. The van der Waals surface area contributed by atoms with Crippen molar-refractivity contribution in [3.05, 3.63) is 23.9 Å². The maximum Gasteiger partial charge on any atom is 0.358 e. The SMILES string of the molecule is COC(=O)c1cncc(Sc2nnc3n2CCCCC3)n1. The molecule has 0 aromatic carbocycles. The Bertz CT molecular complexity index is 658. The number of hydrogen-bond acceptors (Lipinski definition) is 7. The van der Waals surface area contributed by atoms with Gasteiger partial charge in [-0.1, -0.05) is 6.42 Å². The number of carbonyl (C=O) groups excluding carboxylic acids is 1. The van der Waals surface area contributed by atoms with E-state index >= 15 is 0 Å². The summed E-state index contributed by atoms with van der Waals surface area (Å²) in [7, 11) is 1.32. The molecule has 0 spiro atoms. The van der Waals surface area contributed by atoms with Crippen LogP contribution in [0.2, 0.25) is 0 Å². The average Bonchev–Trinajstić information content (AvgIpc) is 2.74. The number of aryl methyl sites for hydroxylation is 1. The molecule has 1 aliphatic rings. The third-order valence-electron chi connectivity index (χ3n) is 3.28. The van der Waals surface area contributed by atoms with Gasteiger partial charge < -0.3 is 9.30 Å². The first kappa shape index (κ1) is 14.0. The van der Waals surface area contributed by atoms with Crippen molar-refractivity contribution in [2.45, 2.75) is 42.4 Å². The molecule has 0 saturated carbocycles. The number of methoxy groups -OCH3 is 1. The highest BCUT2D eigenvalue weighted by atomic mass is 32.2. The molecular weight excluding hydrogens is 290 g/mol. The quantitative estimate of drug-likeness (QED) is 0.798. The van der Waals surface area contributed by atoms with Gasteiger partial charge >= 0.3 is 5.97 Å². The van der Waals surface area contributed by atoms with Crippen molar-refractivity contribution in [3.8, 4) is 0 Å². The predicted molar refractivity (Wildman–Crippen MR) is 75.1 cm³/mol. The summed E-state index contributed by atoms with van der Waals surface area (Å²) in [5.74, 6) is 0.525. The molecule has 3 rings (SSSR count). The normalized spacial score (nSPS) is 14.3. The summed E-state index contributed by atoms with van der Waals surface area (Å²) in [6.07, 6.45) is 7.45. The van der Waals surface area contributed by atoms with Gasteiger partial charge in [0.1, 0.15) is 10.9 Å². The molecule has 3 heterocycles. The molecule has 0 aliphatic carbocycles. The van der Waals surface area contributed by atoms with Gasteiger partial charge in [0, 0.05) is 13.0 Å². The van der Waals surface area contributed by atoms with Crippen LogP contribution in [0.3, 0.4) is 0 Å². The number of rotatable bonds is 3. The zero-order valence-electron chi connectivity index (χ0n) is 11.7. The Labute approximate surface area is 126 Å². The summed E-state index contributed by atoms with van der Waals surface area (Å²) in [5, 5.41) is 9.86. The lowest BCUT2D eigenvalue weighted by atomic mass is 10.2. The van der Waals surface area contributed by atoms with Crippen molar-refractivity contribution in [3.63, 3.8) is 0 Å². The number of aromatic nitrogens is 5. The molecule has 1 aliphatic heterocycles. The van der Waals surface area contributed by atoms with E-state index in [1.807, 2.05) is 0 Å². The summed E-state index contributed by atoms with van der Waals surface area (Å²) in [5.41, 5.74) is 0.193. The van der Waals surface area contributed by atoms with Gasteiger partial charge in [-0.25, -0.2) is 9.78 Å². The van der Waals surface area contributed by atoms with Crippen molar-refractivity contribution in [1.82, 2.24) is 24.7 Å². The first-order valence-electron chi connectivity index (χ1n) is 6.78. The Hall–Kier alpha value is -1.96. The molecule has 21 heavy (non-hydrogen) atoms. The Morgan fingerprint density at radius 3 is 3.05 bits per heavy atom. The zero-order valence-corrected chi connectivity index (χ0v) is 12.5. The third kappa shape index (κ3) is 3.05. The fourth-order valence-electron chi connectivity index (χ4n) is 2.23. The number of hydrogen-bond donors (Lipinski definition) is 0. The highest BCUT2D eigenvalue weighted by molar-refractivity contribution is 7.99. The molecule has 2 aromatic rings. The fourth-order valence-corrected chi connectivity index (χ4v) is 3.06. The Kier molecular flexibility index (Phi) is 4.14. The van der Waals surface area contributed by atoms with Crippen LogP contribution in [0.25, 0.3) is 0 Å². The van der Waals surface area contributed by atoms with Crippen LogP contribution in [0.4, 0.5) is 0 Å². The molecule has 0 amide bonds. The summed E-state index contributed by atoms with van der Waals surface area (Å²) in [6.45, 7) is 0.925. The first-order valence-corrected chi connectivity index (χ1v) is 7.60. The van der Waals surface area contributed by atoms with Crippen molar-refractivity contribution < 1.29 is 9.53 Å². The average molecular weight is 305 g/mol. The van der Waals surface area contributed by atoms with Crippen molar-refractivity contribution >= 4 is 17.7 Å². The van der Waals surface area contributed by atoms with Gasteiger partial charge in [0.15, 0.2) is 10.9 Å². The summed E-state index contributed by atoms with van der Waals surface area (Å²) in [6, 6.07) is 0. The minimum absolute atomic E-state index is 0.193. The number of nitrogens with zero attached hydrogens (tertiary/aromatic N) is 5. The number of carbonyl (C=O) groups is 1. The number of esters is 1. The molecule has 0 N–H and O–H groups in total. The van der Waals surface area contributed by atoms with Crippen LogP contribution in [0.1, 0.15) is 35.6 Å². The molecule has 0 fully saturated rings. The van der Waals surface area contributed by atoms with Gasteiger partial charge in [-0.2, -0.15) is 0 Å². The van der Waals surface area contributed by atoms with E-state index in [9.17, 15) is 4.79 Å². The summed E-state index contributed by atoms with van der Waals surface area (Å²) >= 11 is 1.37. The zero-order chi connectivity index (χ0) is 14.7. The molecule has 0 atom stereocenters. The van der Waals surface area contributed by atoms with Gasteiger partial charge in [-0.3, -0.25) is 4.98 Å². The lowest BCUT2D eigenvalue weighted by molar-refractivity contribution is 0.0592. The number of fused-ring (bicyclic) bond motifs is 1. The lowest BCUT2D eigenvalue weighted by Crippen LogP contribution is -2.06. The van der Waals surface area contributed by atoms with Crippen molar-refractivity contribution in [1.29, 1.82) is 0 Å². The van der Waals surface area contributed by atoms with Gasteiger partial charge in [0.2, 0.25) is 0 Å². The third-order valence-corrected chi connectivity index (χ3v) is 4.17.